The van der Waals surface area contributed by atoms with E-state index in [1.807, 2.05) is 0 Å². The number of ether oxygens (including phenoxy) is 3. The number of unbranched alkanes of at least 4 members (excludes halogenated alkanes) is 7. The summed E-state index contributed by atoms with van der Waals surface area (Å²) in [6.45, 7) is 2.76. The average Bonchev–Trinajstić information content (AvgIpc) is 2.94. The van der Waals surface area contributed by atoms with Crippen molar-refractivity contribution in [1.29, 1.82) is 0 Å². The van der Waals surface area contributed by atoms with Crippen molar-refractivity contribution >= 4 is 11.9 Å². The van der Waals surface area contributed by atoms with Gasteiger partial charge in [-0.15, -0.1) is 0 Å². The Labute approximate surface area is 220 Å². The van der Waals surface area contributed by atoms with Gasteiger partial charge in [0.15, 0.2) is 0 Å². The molecule has 1 aromatic carbocycles. The number of hydrogen-bond donors (Lipinski definition) is 2. The molecule has 0 saturated heterocycles. The van der Waals surface area contributed by atoms with Crippen LogP contribution in [-0.4, -0.2) is 48.0 Å². The zero-order chi connectivity index (χ0) is 27.0. The maximum atomic E-state index is 11.7. The van der Waals surface area contributed by atoms with Gasteiger partial charge in [-0.1, -0.05) is 64.0 Å². The quantitative estimate of drug-likeness (QED) is 0.217. The number of methoxy groups -OCH3 is 2. The highest BCUT2D eigenvalue weighted by molar-refractivity contribution is 5.89. The van der Waals surface area contributed by atoms with E-state index in [1.54, 1.807) is 24.3 Å². The number of nitrogens with zero attached hydrogens (tertiary/aromatic N) is 1. The first-order valence-corrected chi connectivity index (χ1v) is 13.1. The SMILES string of the molecule is CCCCCCCCCCOc1ccc([C@H](O)[C@@H](O)c2ccc(C(=O)OC)cc2)nc1CCC(=O)OC. The van der Waals surface area contributed by atoms with Crippen LogP contribution >= 0.6 is 0 Å². The van der Waals surface area contributed by atoms with Gasteiger partial charge in [0.1, 0.15) is 18.0 Å². The highest BCUT2D eigenvalue weighted by atomic mass is 16.5. The van der Waals surface area contributed by atoms with E-state index in [1.165, 1.54) is 64.9 Å². The molecule has 0 aliphatic heterocycles. The molecule has 0 spiro atoms. The van der Waals surface area contributed by atoms with Gasteiger partial charge in [-0.25, -0.2) is 4.79 Å². The largest absolute Gasteiger partial charge is 0.492 e. The van der Waals surface area contributed by atoms with Gasteiger partial charge in [-0.2, -0.15) is 0 Å². The van der Waals surface area contributed by atoms with Crippen LogP contribution in [0.5, 0.6) is 5.75 Å². The third-order valence-electron chi connectivity index (χ3n) is 6.28. The summed E-state index contributed by atoms with van der Waals surface area (Å²) in [5.41, 5.74) is 1.54. The number of aliphatic hydroxyl groups excluding tert-OH is 2. The van der Waals surface area contributed by atoms with Gasteiger partial charge < -0.3 is 24.4 Å². The van der Waals surface area contributed by atoms with Crippen LogP contribution in [-0.2, 0) is 20.7 Å². The van der Waals surface area contributed by atoms with Crippen LogP contribution in [0.4, 0.5) is 0 Å². The Bertz CT molecular complexity index is 961. The summed E-state index contributed by atoms with van der Waals surface area (Å²) in [7, 11) is 2.62. The molecule has 2 aromatic rings. The third kappa shape index (κ3) is 10.1. The first-order chi connectivity index (χ1) is 17.9. The number of pyridine rings is 1. The van der Waals surface area contributed by atoms with E-state index < -0.39 is 18.2 Å². The van der Waals surface area contributed by atoms with Crippen molar-refractivity contribution in [1.82, 2.24) is 4.98 Å². The summed E-state index contributed by atoms with van der Waals surface area (Å²) in [5.74, 6) is -0.298. The molecule has 0 unspecified atom stereocenters. The van der Waals surface area contributed by atoms with Crippen molar-refractivity contribution in [3.05, 3.63) is 58.9 Å². The lowest BCUT2D eigenvalue weighted by Gasteiger charge is -2.20. The summed E-state index contributed by atoms with van der Waals surface area (Å²) in [6, 6.07) is 9.49. The molecule has 2 rings (SSSR count). The number of carbonyl (C=O) groups is 2. The van der Waals surface area contributed by atoms with E-state index in [9.17, 15) is 19.8 Å². The summed E-state index contributed by atoms with van der Waals surface area (Å²) in [5, 5.41) is 21.5. The van der Waals surface area contributed by atoms with E-state index in [4.69, 9.17) is 9.47 Å². The highest BCUT2D eigenvalue weighted by Gasteiger charge is 2.23. The van der Waals surface area contributed by atoms with Gasteiger partial charge in [0, 0.05) is 6.42 Å². The maximum Gasteiger partial charge on any atom is 0.337 e. The van der Waals surface area contributed by atoms with Gasteiger partial charge >= 0.3 is 11.9 Å². The third-order valence-corrected chi connectivity index (χ3v) is 6.28. The van der Waals surface area contributed by atoms with Crippen molar-refractivity contribution in [2.75, 3.05) is 20.8 Å². The minimum absolute atomic E-state index is 0.120. The second-order valence-electron chi connectivity index (χ2n) is 9.08. The van der Waals surface area contributed by atoms with Crippen LogP contribution in [0.15, 0.2) is 36.4 Å². The maximum absolute atomic E-state index is 11.7. The average molecular weight is 516 g/mol. The topological polar surface area (TPSA) is 115 Å². The molecule has 0 saturated carbocycles. The van der Waals surface area contributed by atoms with E-state index in [-0.39, 0.29) is 24.5 Å². The fourth-order valence-corrected chi connectivity index (χ4v) is 4.00. The lowest BCUT2D eigenvalue weighted by molar-refractivity contribution is -0.140. The second kappa shape index (κ2) is 16.7. The minimum atomic E-state index is -1.32. The van der Waals surface area contributed by atoms with Crippen LogP contribution in [0.1, 0.15) is 104 Å². The number of aryl methyl sites for hydroxylation is 1. The Balaban J connectivity index is 2.03. The lowest BCUT2D eigenvalue weighted by Crippen LogP contribution is -2.14. The van der Waals surface area contributed by atoms with Crippen LogP contribution in [0.3, 0.4) is 0 Å². The molecule has 0 amide bonds. The van der Waals surface area contributed by atoms with E-state index in [0.717, 1.165) is 12.8 Å². The molecule has 0 aliphatic carbocycles. The van der Waals surface area contributed by atoms with Crippen LogP contribution in [0.2, 0.25) is 0 Å². The van der Waals surface area contributed by atoms with Gasteiger partial charge in [0.2, 0.25) is 0 Å². The van der Waals surface area contributed by atoms with Crippen molar-refractivity contribution in [3.8, 4) is 5.75 Å². The molecular formula is C29H41NO7. The molecule has 0 radical (unpaired) electrons. The monoisotopic (exact) mass is 515 g/mol. The molecule has 37 heavy (non-hydrogen) atoms. The Morgan fingerprint density at radius 3 is 2.11 bits per heavy atom. The number of hydrogen-bond acceptors (Lipinski definition) is 8. The van der Waals surface area contributed by atoms with Crippen LogP contribution in [0.25, 0.3) is 0 Å². The zero-order valence-electron chi connectivity index (χ0n) is 22.3. The molecule has 2 N–H and O–H groups in total. The first kappa shape index (κ1) is 30.3. The molecule has 8 nitrogen and oxygen atoms in total. The fourth-order valence-electron chi connectivity index (χ4n) is 4.00. The van der Waals surface area contributed by atoms with E-state index >= 15 is 0 Å². The molecule has 0 fully saturated rings. The predicted molar refractivity (Wildman–Crippen MR) is 140 cm³/mol. The molecule has 204 valence electrons. The first-order valence-electron chi connectivity index (χ1n) is 13.1. The summed E-state index contributed by atoms with van der Waals surface area (Å²) < 4.78 is 15.4. The Hall–Kier alpha value is -2.97. The van der Waals surface area contributed by atoms with Gasteiger partial charge in [-0.3, -0.25) is 9.78 Å². The molecule has 1 aromatic heterocycles. The molecule has 2 atom stereocenters. The van der Waals surface area contributed by atoms with Crippen molar-refractivity contribution in [2.24, 2.45) is 0 Å². The minimum Gasteiger partial charge on any atom is -0.492 e. The number of aliphatic hydroxyl groups is 2. The van der Waals surface area contributed by atoms with Crippen LogP contribution < -0.4 is 4.74 Å². The lowest BCUT2D eigenvalue weighted by atomic mass is 10.00. The van der Waals surface area contributed by atoms with Gasteiger partial charge in [-0.05, 0) is 36.2 Å². The Morgan fingerprint density at radius 2 is 1.49 bits per heavy atom. The van der Waals surface area contributed by atoms with Crippen LogP contribution in [0, 0.1) is 0 Å². The summed E-state index contributed by atoms with van der Waals surface area (Å²) >= 11 is 0. The van der Waals surface area contributed by atoms with Crippen molar-refractivity contribution in [2.45, 2.75) is 83.3 Å². The van der Waals surface area contributed by atoms with Crippen molar-refractivity contribution in [3.63, 3.8) is 0 Å². The number of esters is 2. The summed E-state index contributed by atoms with van der Waals surface area (Å²) in [4.78, 5) is 27.9. The number of benzene rings is 1. The normalized spacial score (nSPS) is 12.6. The van der Waals surface area contributed by atoms with Gasteiger partial charge in [0.25, 0.3) is 0 Å². The van der Waals surface area contributed by atoms with Gasteiger partial charge in [0.05, 0.1) is 44.2 Å². The second-order valence-corrected chi connectivity index (χ2v) is 9.08. The molecular weight excluding hydrogens is 474 g/mol. The molecule has 1 heterocycles. The number of aromatic nitrogens is 1. The van der Waals surface area contributed by atoms with E-state index in [2.05, 4.69) is 16.6 Å². The van der Waals surface area contributed by atoms with Crippen molar-refractivity contribution < 1.29 is 34.0 Å². The standard InChI is InChI=1S/C29H41NO7/c1-4-5-6-7-8-9-10-11-20-37-25-18-16-24(30-23(25)17-19-26(31)35-2)28(33)27(32)21-12-14-22(15-13-21)29(34)36-3/h12-16,18,27-28,32-33H,4-11,17,19-20H2,1-3H3/t27-,28-/m0/s1. The Kier molecular flexibility index (Phi) is 13.7. The zero-order valence-corrected chi connectivity index (χ0v) is 22.3. The fraction of sp³-hybridized carbons (Fsp3) is 0.552. The predicted octanol–water partition coefficient (Wildman–Crippen LogP) is 5.26. The molecule has 0 bridgehead atoms. The molecule has 8 heteroatoms. The smallest absolute Gasteiger partial charge is 0.337 e. The van der Waals surface area contributed by atoms with E-state index in [0.29, 0.717) is 29.2 Å². The number of rotatable bonds is 17. The molecule has 0 aliphatic rings. The highest BCUT2D eigenvalue weighted by Crippen LogP contribution is 2.30. The Morgan fingerprint density at radius 1 is 0.838 bits per heavy atom. The summed E-state index contributed by atoms with van der Waals surface area (Å²) in [6.07, 6.45) is 7.39. The number of carbonyl (C=O) groups excluding carboxylic acids is 2.